The monoisotopic (exact) mass is 249 g/mol. The Morgan fingerprint density at radius 1 is 1.28 bits per heavy atom. The van der Waals surface area contributed by atoms with Gasteiger partial charge in [0.1, 0.15) is 0 Å². The van der Waals surface area contributed by atoms with Gasteiger partial charge >= 0.3 is 0 Å². The summed E-state index contributed by atoms with van der Waals surface area (Å²) in [6, 6.07) is 5.46. The summed E-state index contributed by atoms with van der Waals surface area (Å²) in [6.07, 6.45) is 0.692. The van der Waals surface area contributed by atoms with Crippen molar-refractivity contribution in [1.82, 2.24) is 4.90 Å². The predicted octanol–water partition coefficient (Wildman–Crippen LogP) is 1.91. The summed E-state index contributed by atoms with van der Waals surface area (Å²) in [6.45, 7) is 6.00. The van der Waals surface area contributed by atoms with Crippen molar-refractivity contribution in [1.29, 1.82) is 0 Å². The van der Waals surface area contributed by atoms with Gasteiger partial charge in [0.25, 0.3) is 5.69 Å². The normalized spacial score (nSPS) is 16.9. The van der Waals surface area contributed by atoms with Crippen molar-refractivity contribution in [2.24, 2.45) is 0 Å². The zero-order valence-electron chi connectivity index (χ0n) is 10.9. The molecule has 18 heavy (non-hydrogen) atoms. The van der Waals surface area contributed by atoms with E-state index in [0.29, 0.717) is 6.42 Å². The molecule has 1 aromatic carbocycles. The summed E-state index contributed by atoms with van der Waals surface area (Å²) < 4.78 is 0. The molecule has 5 nitrogen and oxygen atoms in total. The van der Waals surface area contributed by atoms with Crippen LogP contribution >= 0.6 is 0 Å². The molecule has 1 saturated heterocycles. The van der Waals surface area contributed by atoms with Crippen molar-refractivity contribution in [2.45, 2.75) is 13.3 Å². The molecule has 0 bridgehead atoms. The second kappa shape index (κ2) is 5.35. The van der Waals surface area contributed by atoms with Gasteiger partial charge in [-0.3, -0.25) is 10.1 Å². The molecule has 0 saturated carbocycles. The third-order valence-electron chi connectivity index (χ3n) is 3.51. The van der Waals surface area contributed by atoms with Gasteiger partial charge < -0.3 is 9.80 Å². The Labute approximate surface area is 107 Å². The maximum Gasteiger partial charge on any atom is 0.272 e. The number of anilines is 1. The molecule has 0 unspecified atom stereocenters. The number of likely N-dealkylation sites (N-methyl/N-ethyl adjacent to an activating group) is 1. The van der Waals surface area contributed by atoms with Gasteiger partial charge in [0.05, 0.1) is 4.92 Å². The molecule has 2 rings (SSSR count). The van der Waals surface area contributed by atoms with Crippen molar-refractivity contribution < 1.29 is 4.92 Å². The van der Waals surface area contributed by atoms with Gasteiger partial charge in [-0.25, -0.2) is 0 Å². The Kier molecular flexibility index (Phi) is 3.81. The van der Waals surface area contributed by atoms with Crippen LogP contribution in [0.25, 0.3) is 0 Å². The van der Waals surface area contributed by atoms with Crippen molar-refractivity contribution >= 4 is 11.4 Å². The largest absolute Gasteiger partial charge is 0.369 e. The highest BCUT2D eigenvalue weighted by Crippen LogP contribution is 2.26. The van der Waals surface area contributed by atoms with Crippen LogP contribution in [-0.4, -0.2) is 43.0 Å². The van der Waals surface area contributed by atoms with E-state index < -0.39 is 0 Å². The van der Waals surface area contributed by atoms with Gasteiger partial charge in [0, 0.05) is 43.5 Å². The molecule has 1 heterocycles. The molecule has 0 atom stereocenters. The average Bonchev–Trinajstić information content (AvgIpc) is 2.38. The highest BCUT2D eigenvalue weighted by Gasteiger charge is 2.18. The van der Waals surface area contributed by atoms with E-state index >= 15 is 0 Å². The van der Waals surface area contributed by atoms with Gasteiger partial charge in [-0.15, -0.1) is 0 Å². The first-order valence-corrected chi connectivity index (χ1v) is 6.32. The lowest BCUT2D eigenvalue weighted by Gasteiger charge is -2.34. The molecule has 5 heteroatoms. The highest BCUT2D eigenvalue weighted by atomic mass is 16.6. The number of aryl methyl sites for hydroxylation is 1. The van der Waals surface area contributed by atoms with Crippen LogP contribution in [0.1, 0.15) is 12.5 Å². The van der Waals surface area contributed by atoms with E-state index in [1.807, 2.05) is 19.1 Å². The van der Waals surface area contributed by atoms with E-state index in [4.69, 9.17) is 0 Å². The molecule has 1 aliphatic heterocycles. The molecular formula is C13H19N3O2. The number of nitro benzene ring substituents is 1. The van der Waals surface area contributed by atoms with Crippen LogP contribution in [0.5, 0.6) is 0 Å². The predicted molar refractivity (Wildman–Crippen MR) is 72.2 cm³/mol. The van der Waals surface area contributed by atoms with E-state index in [1.165, 1.54) is 0 Å². The number of nitrogens with zero attached hydrogens (tertiary/aromatic N) is 3. The zero-order valence-corrected chi connectivity index (χ0v) is 10.9. The van der Waals surface area contributed by atoms with Crippen LogP contribution in [0.2, 0.25) is 0 Å². The van der Waals surface area contributed by atoms with Gasteiger partial charge in [0.15, 0.2) is 0 Å². The third kappa shape index (κ3) is 2.61. The van der Waals surface area contributed by atoms with Crippen LogP contribution < -0.4 is 4.90 Å². The zero-order chi connectivity index (χ0) is 13.1. The number of hydrogen-bond acceptors (Lipinski definition) is 4. The van der Waals surface area contributed by atoms with E-state index in [1.54, 1.807) is 6.07 Å². The van der Waals surface area contributed by atoms with Crippen LogP contribution in [0, 0.1) is 10.1 Å². The van der Waals surface area contributed by atoms with E-state index in [-0.39, 0.29) is 10.6 Å². The Morgan fingerprint density at radius 2 is 1.94 bits per heavy atom. The smallest absolute Gasteiger partial charge is 0.272 e. The first-order valence-electron chi connectivity index (χ1n) is 6.32. The van der Waals surface area contributed by atoms with Crippen LogP contribution in [0.4, 0.5) is 11.4 Å². The molecule has 0 aromatic heterocycles. The maximum atomic E-state index is 10.9. The highest BCUT2D eigenvalue weighted by molar-refractivity contribution is 5.56. The van der Waals surface area contributed by atoms with Crippen LogP contribution in [0.15, 0.2) is 18.2 Å². The lowest BCUT2D eigenvalue weighted by atomic mass is 10.1. The summed E-state index contributed by atoms with van der Waals surface area (Å²) in [7, 11) is 2.12. The first-order chi connectivity index (χ1) is 8.61. The fourth-order valence-corrected chi connectivity index (χ4v) is 2.29. The molecule has 0 aliphatic carbocycles. The SMILES string of the molecule is CCc1cc(N2CCN(C)CC2)ccc1[N+](=O)[O-]. The number of hydrogen-bond donors (Lipinski definition) is 0. The first kappa shape index (κ1) is 12.8. The summed E-state index contributed by atoms with van der Waals surface area (Å²) in [5.41, 5.74) is 2.15. The molecule has 1 aromatic rings. The van der Waals surface area contributed by atoms with E-state index in [2.05, 4.69) is 16.8 Å². The maximum absolute atomic E-state index is 10.9. The molecule has 0 radical (unpaired) electrons. The van der Waals surface area contributed by atoms with Crippen molar-refractivity contribution in [3.8, 4) is 0 Å². The fourth-order valence-electron chi connectivity index (χ4n) is 2.29. The average molecular weight is 249 g/mol. The van der Waals surface area contributed by atoms with Crippen molar-refractivity contribution in [3.63, 3.8) is 0 Å². The lowest BCUT2D eigenvalue weighted by molar-refractivity contribution is -0.385. The van der Waals surface area contributed by atoms with Crippen molar-refractivity contribution in [3.05, 3.63) is 33.9 Å². The lowest BCUT2D eigenvalue weighted by Crippen LogP contribution is -2.44. The summed E-state index contributed by atoms with van der Waals surface area (Å²) in [5.74, 6) is 0. The second-order valence-corrected chi connectivity index (χ2v) is 4.71. The molecule has 98 valence electrons. The molecular weight excluding hydrogens is 230 g/mol. The van der Waals surface area contributed by atoms with Gasteiger partial charge in [0.2, 0.25) is 0 Å². The second-order valence-electron chi connectivity index (χ2n) is 4.71. The van der Waals surface area contributed by atoms with Gasteiger partial charge in [-0.2, -0.15) is 0 Å². The molecule has 0 spiro atoms. The van der Waals surface area contributed by atoms with Crippen LogP contribution in [0.3, 0.4) is 0 Å². The minimum absolute atomic E-state index is 0.232. The summed E-state index contributed by atoms with van der Waals surface area (Å²) in [4.78, 5) is 15.2. The quantitative estimate of drug-likeness (QED) is 0.606. The molecule has 0 N–H and O–H groups in total. The van der Waals surface area contributed by atoms with Crippen molar-refractivity contribution in [2.75, 3.05) is 38.1 Å². The molecule has 1 aliphatic rings. The number of benzene rings is 1. The molecule has 0 amide bonds. The molecule has 1 fully saturated rings. The number of piperazine rings is 1. The number of nitro groups is 1. The van der Waals surface area contributed by atoms with E-state index in [0.717, 1.165) is 37.4 Å². The summed E-state index contributed by atoms with van der Waals surface area (Å²) in [5, 5.41) is 10.9. The minimum atomic E-state index is -0.299. The fraction of sp³-hybridized carbons (Fsp3) is 0.538. The van der Waals surface area contributed by atoms with E-state index in [9.17, 15) is 10.1 Å². The van der Waals surface area contributed by atoms with Gasteiger partial charge in [-0.05, 0) is 25.6 Å². The van der Waals surface area contributed by atoms with Gasteiger partial charge in [-0.1, -0.05) is 6.92 Å². The Morgan fingerprint density at radius 3 is 2.50 bits per heavy atom. The third-order valence-corrected chi connectivity index (χ3v) is 3.51. The number of rotatable bonds is 3. The minimum Gasteiger partial charge on any atom is -0.369 e. The topological polar surface area (TPSA) is 49.6 Å². The van der Waals surface area contributed by atoms with Crippen LogP contribution in [-0.2, 0) is 6.42 Å². The standard InChI is InChI=1S/C13H19N3O2/c1-3-11-10-12(4-5-13(11)16(17)18)15-8-6-14(2)7-9-15/h4-5,10H,3,6-9H2,1-2H3. The Hall–Kier alpha value is -1.62. The summed E-state index contributed by atoms with van der Waals surface area (Å²) >= 11 is 0. The Balaban J connectivity index is 2.22. The Bertz CT molecular complexity index is 440.